The highest BCUT2D eigenvalue weighted by Crippen LogP contribution is 2.37. The molecule has 0 aliphatic rings. The Morgan fingerprint density at radius 3 is 2.52 bits per heavy atom. The molecule has 0 unspecified atom stereocenters. The summed E-state index contributed by atoms with van der Waals surface area (Å²) in [7, 11) is 0. The third-order valence-corrected chi connectivity index (χ3v) is 4.00. The Hall–Kier alpha value is -2.68. The minimum Gasteiger partial charge on any atom is -0.492 e. The van der Waals surface area contributed by atoms with E-state index in [0.29, 0.717) is 6.61 Å². The molecule has 0 heterocycles. The monoisotopic (exact) mass is 304 g/mol. The van der Waals surface area contributed by atoms with Crippen LogP contribution in [0.25, 0.3) is 10.8 Å². The zero-order chi connectivity index (χ0) is 16.2. The van der Waals surface area contributed by atoms with Gasteiger partial charge in [0.1, 0.15) is 11.4 Å². The van der Waals surface area contributed by atoms with E-state index in [1.165, 1.54) is 5.56 Å². The number of fused-ring (bicyclic) bond motifs is 1. The first-order valence-electron chi connectivity index (χ1n) is 7.83. The fourth-order valence-electron chi connectivity index (χ4n) is 2.56. The van der Waals surface area contributed by atoms with E-state index in [2.05, 4.69) is 48.3 Å². The van der Waals surface area contributed by atoms with E-state index in [4.69, 9.17) is 4.74 Å². The van der Waals surface area contributed by atoms with E-state index in [1.54, 1.807) is 0 Å². The van der Waals surface area contributed by atoms with E-state index in [-0.39, 0.29) is 0 Å². The van der Waals surface area contributed by atoms with Crippen molar-refractivity contribution in [1.82, 2.24) is 0 Å². The molecule has 0 fully saturated rings. The summed E-state index contributed by atoms with van der Waals surface area (Å²) in [5.41, 5.74) is 4.03. The lowest BCUT2D eigenvalue weighted by Crippen LogP contribution is -1.92. The van der Waals surface area contributed by atoms with Crippen molar-refractivity contribution in [2.45, 2.75) is 20.8 Å². The van der Waals surface area contributed by atoms with Gasteiger partial charge in [-0.05, 0) is 49.4 Å². The first-order valence-corrected chi connectivity index (χ1v) is 7.83. The number of benzene rings is 3. The van der Waals surface area contributed by atoms with Gasteiger partial charge >= 0.3 is 0 Å². The Balaban J connectivity index is 2.12. The summed E-state index contributed by atoms with van der Waals surface area (Å²) in [6.07, 6.45) is 0. The lowest BCUT2D eigenvalue weighted by Gasteiger charge is -2.09. The number of nitrogens with zero attached hydrogens (tertiary/aromatic N) is 2. The van der Waals surface area contributed by atoms with Crippen LogP contribution >= 0.6 is 0 Å². The molecule has 3 aromatic carbocycles. The van der Waals surface area contributed by atoms with Gasteiger partial charge in [0.2, 0.25) is 0 Å². The fourth-order valence-corrected chi connectivity index (χ4v) is 2.56. The molecule has 0 N–H and O–H groups in total. The average molecular weight is 304 g/mol. The van der Waals surface area contributed by atoms with Crippen molar-refractivity contribution >= 4 is 22.1 Å². The molecule has 3 heteroatoms. The van der Waals surface area contributed by atoms with Gasteiger partial charge in [0, 0.05) is 5.39 Å². The van der Waals surface area contributed by atoms with Crippen molar-refractivity contribution < 1.29 is 4.74 Å². The largest absolute Gasteiger partial charge is 0.492 e. The molecule has 23 heavy (non-hydrogen) atoms. The third kappa shape index (κ3) is 3.09. The Morgan fingerprint density at radius 2 is 1.70 bits per heavy atom. The second-order valence-electron chi connectivity index (χ2n) is 5.49. The maximum absolute atomic E-state index is 5.73. The molecule has 3 nitrogen and oxygen atoms in total. The SMILES string of the molecule is CCOc1ccc2ccccc2c1N=Nc1cccc(C)c1C. The quantitative estimate of drug-likeness (QED) is 0.523. The van der Waals surface area contributed by atoms with Crippen molar-refractivity contribution in [1.29, 1.82) is 0 Å². The Morgan fingerprint density at radius 1 is 0.870 bits per heavy atom. The summed E-state index contributed by atoms with van der Waals surface area (Å²) < 4.78 is 5.73. The van der Waals surface area contributed by atoms with Gasteiger partial charge in [0.25, 0.3) is 0 Å². The average Bonchev–Trinajstić information content (AvgIpc) is 2.57. The zero-order valence-electron chi connectivity index (χ0n) is 13.7. The summed E-state index contributed by atoms with van der Waals surface area (Å²) in [4.78, 5) is 0. The first kappa shape index (κ1) is 15.2. The van der Waals surface area contributed by atoms with Crippen LogP contribution in [0.2, 0.25) is 0 Å². The van der Waals surface area contributed by atoms with Gasteiger partial charge < -0.3 is 4.74 Å². The Labute approximate surface area is 136 Å². The maximum Gasteiger partial charge on any atom is 0.147 e. The zero-order valence-corrected chi connectivity index (χ0v) is 13.7. The first-order chi connectivity index (χ1) is 11.2. The van der Waals surface area contributed by atoms with Crippen LogP contribution in [0.15, 0.2) is 64.8 Å². The van der Waals surface area contributed by atoms with Crippen LogP contribution in [0.4, 0.5) is 11.4 Å². The molecule has 116 valence electrons. The van der Waals surface area contributed by atoms with Crippen LogP contribution in [0.1, 0.15) is 18.1 Å². The van der Waals surface area contributed by atoms with E-state index in [9.17, 15) is 0 Å². The predicted molar refractivity (Wildman–Crippen MR) is 95.2 cm³/mol. The number of hydrogen-bond donors (Lipinski definition) is 0. The van der Waals surface area contributed by atoms with Crippen LogP contribution in [-0.4, -0.2) is 6.61 Å². The molecule has 0 aliphatic heterocycles. The molecule has 0 spiro atoms. The summed E-state index contributed by atoms with van der Waals surface area (Å²) in [5, 5.41) is 11.2. The number of aryl methyl sites for hydroxylation is 1. The lowest BCUT2D eigenvalue weighted by molar-refractivity contribution is 0.341. The van der Waals surface area contributed by atoms with Crippen molar-refractivity contribution in [3.8, 4) is 5.75 Å². The van der Waals surface area contributed by atoms with Crippen molar-refractivity contribution in [3.63, 3.8) is 0 Å². The van der Waals surface area contributed by atoms with Gasteiger partial charge in [-0.3, -0.25) is 0 Å². The van der Waals surface area contributed by atoms with Crippen molar-refractivity contribution in [2.75, 3.05) is 6.61 Å². The fraction of sp³-hybridized carbons (Fsp3) is 0.200. The summed E-state index contributed by atoms with van der Waals surface area (Å²) in [6.45, 7) is 6.72. The topological polar surface area (TPSA) is 34.0 Å². The van der Waals surface area contributed by atoms with E-state index in [1.807, 2.05) is 37.3 Å². The highest BCUT2D eigenvalue weighted by molar-refractivity contribution is 5.95. The smallest absolute Gasteiger partial charge is 0.147 e. The van der Waals surface area contributed by atoms with E-state index in [0.717, 1.165) is 33.5 Å². The normalized spacial score (nSPS) is 11.3. The van der Waals surface area contributed by atoms with Gasteiger partial charge in [-0.25, -0.2) is 0 Å². The van der Waals surface area contributed by atoms with Crippen LogP contribution in [0.5, 0.6) is 5.75 Å². The van der Waals surface area contributed by atoms with Crippen LogP contribution in [0.3, 0.4) is 0 Å². The lowest BCUT2D eigenvalue weighted by atomic mass is 10.1. The molecular formula is C20H20N2O. The van der Waals surface area contributed by atoms with E-state index >= 15 is 0 Å². The predicted octanol–water partition coefficient (Wildman–Crippen LogP) is 6.27. The van der Waals surface area contributed by atoms with Crippen molar-refractivity contribution in [3.05, 3.63) is 65.7 Å². The van der Waals surface area contributed by atoms with Gasteiger partial charge in [-0.15, -0.1) is 5.11 Å². The molecule has 0 aromatic heterocycles. The molecule has 0 saturated heterocycles. The summed E-state index contributed by atoms with van der Waals surface area (Å²) in [6, 6.07) is 18.2. The number of hydrogen-bond acceptors (Lipinski definition) is 3. The third-order valence-electron chi connectivity index (χ3n) is 4.00. The maximum atomic E-state index is 5.73. The molecule has 0 bridgehead atoms. The summed E-state index contributed by atoms with van der Waals surface area (Å²) >= 11 is 0. The highest BCUT2D eigenvalue weighted by atomic mass is 16.5. The highest BCUT2D eigenvalue weighted by Gasteiger charge is 2.08. The van der Waals surface area contributed by atoms with Gasteiger partial charge in [-0.2, -0.15) is 5.11 Å². The molecule has 0 radical (unpaired) electrons. The second kappa shape index (κ2) is 6.61. The van der Waals surface area contributed by atoms with Gasteiger partial charge in [0.15, 0.2) is 0 Å². The second-order valence-corrected chi connectivity index (χ2v) is 5.49. The number of azo groups is 1. The Bertz CT molecular complexity index is 869. The van der Waals surface area contributed by atoms with Crippen LogP contribution in [-0.2, 0) is 0 Å². The number of rotatable bonds is 4. The molecule has 0 atom stereocenters. The molecule has 3 aromatic rings. The molecule has 0 amide bonds. The van der Waals surface area contributed by atoms with Crippen molar-refractivity contribution in [2.24, 2.45) is 10.2 Å². The van der Waals surface area contributed by atoms with Crippen LogP contribution < -0.4 is 4.74 Å². The number of ether oxygens (including phenoxy) is 1. The van der Waals surface area contributed by atoms with Crippen LogP contribution in [0, 0.1) is 13.8 Å². The summed E-state index contributed by atoms with van der Waals surface area (Å²) in [5.74, 6) is 0.764. The molecule has 0 aliphatic carbocycles. The van der Waals surface area contributed by atoms with Gasteiger partial charge in [0.05, 0.1) is 12.3 Å². The molecular weight excluding hydrogens is 284 g/mol. The Kier molecular flexibility index (Phi) is 4.38. The standard InChI is InChI=1S/C20H20N2O/c1-4-23-19-13-12-16-9-5-6-10-17(16)20(19)22-21-18-11-7-8-14(2)15(18)3/h5-13H,4H2,1-3H3. The molecule has 0 saturated carbocycles. The minimum absolute atomic E-state index is 0.602. The van der Waals surface area contributed by atoms with E-state index < -0.39 is 0 Å². The molecule has 3 rings (SSSR count). The minimum atomic E-state index is 0.602. The van der Waals surface area contributed by atoms with Gasteiger partial charge in [-0.1, -0.05) is 42.5 Å².